The van der Waals surface area contributed by atoms with Crippen molar-refractivity contribution < 1.29 is 4.74 Å². The van der Waals surface area contributed by atoms with E-state index in [4.69, 9.17) is 10.5 Å². The molecule has 0 spiro atoms. The van der Waals surface area contributed by atoms with Gasteiger partial charge in [0.05, 0.1) is 6.10 Å². The Morgan fingerprint density at radius 3 is 2.83 bits per heavy atom. The summed E-state index contributed by atoms with van der Waals surface area (Å²) in [6, 6.07) is 0.829. The average Bonchev–Trinajstić information content (AvgIpc) is 2.56. The lowest BCUT2D eigenvalue weighted by atomic mass is 10.1. The first kappa shape index (κ1) is 9.96. The summed E-state index contributed by atoms with van der Waals surface area (Å²) in [5.41, 5.74) is 5.52. The molecule has 72 valence electrons. The number of nitrogens with two attached hydrogens (primary N) is 1. The van der Waals surface area contributed by atoms with Crippen LogP contribution in [0.4, 0.5) is 0 Å². The third-order valence-electron chi connectivity index (χ3n) is 2.42. The highest BCUT2D eigenvalue weighted by atomic mass is 16.5. The summed E-state index contributed by atoms with van der Waals surface area (Å²) in [4.78, 5) is 0. The number of hydrogen-bond acceptors (Lipinski definition) is 3. The highest BCUT2D eigenvalue weighted by Crippen LogP contribution is 2.15. The van der Waals surface area contributed by atoms with Gasteiger partial charge in [0.1, 0.15) is 0 Å². The van der Waals surface area contributed by atoms with E-state index in [2.05, 4.69) is 19.2 Å². The fraction of sp³-hybridized carbons (Fsp3) is 1.00. The molecule has 3 N–H and O–H groups in total. The first-order valence-electron chi connectivity index (χ1n) is 4.81. The van der Waals surface area contributed by atoms with Gasteiger partial charge < -0.3 is 15.8 Å². The Labute approximate surface area is 74.7 Å². The molecule has 3 heteroatoms. The van der Waals surface area contributed by atoms with Crippen molar-refractivity contribution in [1.82, 2.24) is 5.32 Å². The molecule has 1 saturated heterocycles. The maximum atomic E-state index is 5.56. The predicted octanol–water partition coefficient (Wildman–Crippen LogP) is 0.491. The van der Waals surface area contributed by atoms with Gasteiger partial charge in [0, 0.05) is 25.2 Å². The Kier molecular flexibility index (Phi) is 3.98. The van der Waals surface area contributed by atoms with E-state index in [1.807, 2.05) is 0 Å². The van der Waals surface area contributed by atoms with Gasteiger partial charge in [-0.2, -0.15) is 0 Å². The molecular formula is C9H20N2O. The Hall–Kier alpha value is -0.120. The molecule has 1 fully saturated rings. The summed E-state index contributed by atoms with van der Waals surface area (Å²) in [6.45, 7) is 5.89. The fourth-order valence-electron chi connectivity index (χ4n) is 1.62. The summed E-state index contributed by atoms with van der Waals surface area (Å²) in [5, 5.41) is 3.42. The molecule has 0 saturated carbocycles. The van der Waals surface area contributed by atoms with Gasteiger partial charge in [-0.3, -0.25) is 0 Å². The van der Waals surface area contributed by atoms with E-state index >= 15 is 0 Å². The van der Waals surface area contributed by atoms with Gasteiger partial charge in [-0.25, -0.2) is 0 Å². The molecule has 0 aliphatic carbocycles. The van der Waals surface area contributed by atoms with Crippen molar-refractivity contribution in [3.8, 4) is 0 Å². The van der Waals surface area contributed by atoms with Gasteiger partial charge in [-0.15, -0.1) is 0 Å². The normalized spacial score (nSPS) is 28.8. The second-order valence-corrected chi connectivity index (χ2v) is 3.64. The Morgan fingerprint density at radius 1 is 1.58 bits per heavy atom. The smallest absolute Gasteiger partial charge is 0.0726 e. The zero-order valence-corrected chi connectivity index (χ0v) is 8.05. The topological polar surface area (TPSA) is 47.3 Å². The zero-order valence-electron chi connectivity index (χ0n) is 8.05. The van der Waals surface area contributed by atoms with Crippen molar-refractivity contribution in [2.45, 2.75) is 44.9 Å². The minimum absolute atomic E-state index is 0.393. The van der Waals surface area contributed by atoms with E-state index in [0.29, 0.717) is 24.7 Å². The second kappa shape index (κ2) is 4.80. The molecule has 0 amide bonds. The van der Waals surface area contributed by atoms with Crippen LogP contribution >= 0.6 is 0 Å². The summed E-state index contributed by atoms with van der Waals surface area (Å²) in [6.07, 6.45) is 2.79. The molecular weight excluding hydrogens is 152 g/mol. The van der Waals surface area contributed by atoms with Gasteiger partial charge in [0.25, 0.3) is 0 Å². The fourth-order valence-corrected chi connectivity index (χ4v) is 1.62. The van der Waals surface area contributed by atoms with Crippen LogP contribution in [0.1, 0.15) is 26.7 Å². The van der Waals surface area contributed by atoms with Crippen molar-refractivity contribution in [2.24, 2.45) is 5.73 Å². The van der Waals surface area contributed by atoms with Crippen LogP contribution in [0.5, 0.6) is 0 Å². The van der Waals surface area contributed by atoms with E-state index in [0.717, 1.165) is 6.61 Å². The molecule has 0 aromatic carbocycles. The molecule has 1 aliphatic rings. The van der Waals surface area contributed by atoms with Gasteiger partial charge in [0.15, 0.2) is 0 Å². The van der Waals surface area contributed by atoms with Crippen LogP contribution in [0.3, 0.4) is 0 Å². The van der Waals surface area contributed by atoms with E-state index in [9.17, 15) is 0 Å². The largest absolute Gasteiger partial charge is 0.377 e. The van der Waals surface area contributed by atoms with Gasteiger partial charge in [0.2, 0.25) is 0 Å². The van der Waals surface area contributed by atoms with E-state index < -0.39 is 0 Å². The zero-order chi connectivity index (χ0) is 8.97. The predicted molar refractivity (Wildman–Crippen MR) is 50.1 cm³/mol. The molecule has 1 rings (SSSR count). The number of ether oxygens (including phenoxy) is 1. The van der Waals surface area contributed by atoms with Crippen molar-refractivity contribution >= 4 is 0 Å². The minimum Gasteiger partial charge on any atom is -0.377 e. The number of hydrogen-bond donors (Lipinski definition) is 2. The molecule has 1 aliphatic heterocycles. The van der Waals surface area contributed by atoms with Crippen LogP contribution in [-0.4, -0.2) is 31.3 Å². The quantitative estimate of drug-likeness (QED) is 0.649. The van der Waals surface area contributed by atoms with Crippen LogP contribution in [-0.2, 0) is 4.74 Å². The summed E-state index contributed by atoms with van der Waals surface area (Å²) >= 11 is 0. The number of rotatable bonds is 4. The number of nitrogens with one attached hydrogen (secondary N) is 1. The van der Waals surface area contributed by atoms with E-state index in [1.165, 1.54) is 12.8 Å². The SMILES string of the molecule is CC(CN)NC(C)C1CCCO1. The minimum atomic E-state index is 0.393. The summed E-state index contributed by atoms with van der Waals surface area (Å²) < 4.78 is 5.56. The second-order valence-electron chi connectivity index (χ2n) is 3.64. The highest BCUT2D eigenvalue weighted by molar-refractivity contribution is 4.79. The Morgan fingerprint density at radius 2 is 2.33 bits per heavy atom. The third-order valence-corrected chi connectivity index (χ3v) is 2.42. The van der Waals surface area contributed by atoms with Crippen molar-refractivity contribution in [3.63, 3.8) is 0 Å². The standard InChI is InChI=1S/C9H20N2O/c1-7(6-10)11-8(2)9-4-3-5-12-9/h7-9,11H,3-6,10H2,1-2H3. The Balaban J connectivity index is 2.21. The highest BCUT2D eigenvalue weighted by Gasteiger charge is 2.22. The molecule has 0 radical (unpaired) electrons. The van der Waals surface area contributed by atoms with E-state index in [1.54, 1.807) is 0 Å². The van der Waals surface area contributed by atoms with Crippen LogP contribution in [0.15, 0.2) is 0 Å². The maximum absolute atomic E-state index is 5.56. The van der Waals surface area contributed by atoms with E-state index in [-0.39, 0.29) is 0 Å². The lowest BCUT2D eigenvalue weighted by molar-refractivity contribution is 0.0807. The average molecular weight is 172 g/mol. The lowest BCUT2D eigenvalue weighted by Crippen LogP contribution is -2.45. The molecule has 3 atom stereocenters. The molecule has 0 bridgehead atoms. The third kappa shape index (κ3) is 2.73. The molecule has 3 unspecified atom stereocenters. The molecule has 1 heterocycles. The monoisotopic (exact) mass is 172 g/mol. The van der Waals surface area contributed by atoms with Gasteiger partial charge in [-0.1, -0.05) is 0 Å². The molecule has 3 nitrogen and oxygen atoms in total. The maximum Gasteiger partial charge on any atom is 0.0726 e. The van der Waals surface area contributed by atoms with Crippen LogP contribution in [0, 0.1) is 0 Å². The van der Waals surface area contributed by atoms with Crippen molar-refractivity contribution in [1.29, 1.82) is 0 Å². The first-order chi connectivity index (χ1) is 5.74. The van der Waals surface area contributed by atoms with Gasteiger partial charge in [-0.05, 0) is 26.7 Å². The molecule has 12 heavy (non-hydrogen) atoms. The van der Waals surface area contributed by atoms with Gasteiger partial charge >= 0.3 is 0 Å². The molecule has 0 aromatic rings. The molecule has 0 aromatic heterocycles. The Bertz CT molecular complexity index is 124. The summed E-state index contributed by atoms with van der Waals surface area (Å²) in [5.74, 6) is 0. The van der Waals surface area contributed by atoms with Crippen LogP contribution in [0.2, 0.25) is 0 Å². The van der Waals surface area contributed by atoms with Crippen molar-refractivity contribution in [3.05, 3.63) is 0 Å². The summed E-state index contributed by atoms with van der Waals surface area (Å²) in [7, 11) is 0. The van der Waals surface area contributed by atoms with Crippen molar-refractivity contribution in [2.75, 3.05) is 13.2 Å². The van der Waals surface area contributed by atoms with Crippen LogP contribution in [0.25, 0.3) is 0 Å². The van der Waals surface area contributed by atoms with Crippen LogP contribution < -0.4 is 11.1 Å². The lowest BCUT2D eigenvalue weighted by Gasteiger charge is -2.23. The first-order valence-corrected chi connectivity index (χ1v) is 4.81.